The number of hydrogen-bond donors (Lipinski definition) is 1. The Kier molecular flexibility index (Phi) is 6.33. The number of likely N-dealkylation sites (N-methyl/N-ethyl adjacent to an activating group) is 1. The molecule has 1 aromatic carbocycles. The van der Waals surface area contributed by atoms with Gasteiger partial charge in [0, 0.05) is 19.1 Å². The lowest BCUT2D eigenvalue weighted by Gasteiger charge is -2.44. The molecule has 0 bridgehead atoms. The zero-order valence-corrected chi connectivity index (χ0v) is 13.3. The number of para-hydroxylation sites is 2. The molecule has 0 spiro atoms. The summed E-state index contributed by atoms with van der Waals surface area (Å²) in [5.41, 5.74) is 0. The molecule has 0 heterocycles. The summed E-state index contributed by atoms with van der Waals surface area (Å²) in [4.78, 5) is 0. The highest BCUT2D eigenvalue weighted by atomic mass is 16.6. The molecule has 1 aliphatic carbocycles. The molecule has 21 heavy (non-hydrogen) atoms. The monoisotopic (exact) mass is 293 g/mol. The fraction of sp³-hybridized carbons (Fsp3) is 0.647. The summed E-state index contributed by atoms with van der Waals surface area (Å²) in [6.07, 6.45) is 2.18. The number of hydrogen-bond acceptors (Lipinski definition) is 4. The second-order valence-electron chi connectivity index (χ2n) is 5.27. The van der Waals surface area contributed by atoms with Gasteiger partial charge in [-0.25, -0.2) is 0 Å². The van der Waals surface area contributed by atoms with Crippen LogP contribution in [-0.2, 0) is 4.74 Å². The highest BCUT2D eigenvalue weighted by molar-refractivity contribution is 5.40. The Morgan fingerprint density at radius 1 is 1.14 bits per heavy atom. The third-order valence-electron chi connectivity index (χ3n) is 3.66. The molecule has 4 nitrogen and oxygen atoms in total. The third-order valence-corrected chi connectivity index (χ3v) is 3.66. The predicted molar refractivity (Wildman–Crippen MR) is 84.1 cm³/mol. The van der Waals surface area contributed by atoms with E-state index in [4.69, 9.17) is 14.2 Å². The van der Waals surface area contributed by atoms with Gasteiger partial charge in [0.1, 0.15) is 12.2 Å². The van der Waals surface area contributed by atoms with Crippen molar-refractivity contribution in [2.45, 2.75) is 51.9 Å². The summed E-state index contributed by atoms with van der Waals surface area (Å²) in [5.74, 6) is 1.64. The SMILES string of the molecule is CCCOc1ccccc1OC1CC(NCC)C1OCC. The number of benzene rings is 1. The van der Waals surface area contributed by atoms with Crippen LogP contribution in [0.3, 0.4) is 0 Å². The van der Waals surface area contributed by atoms with Gasteiger partial charge in [0.25, 0.3) is 0 Å². The van der Waals surface area contributed by atoms with Crippen LogP contribution < -0.4 is 14.8 Å². The molecular weight excluding hydrogens is 266 g/mol. The zero-order valence-electron chi connectivity index (χ0n) is 13.3. The van der Waals surface area contributed by atoms with Crippen LogP contribution in [0, 0.1) is 0 Å². The predicted octanol–water partition coefficient (Wildman–Crippen LogP) is 3.01. The normalized spacial score (nSPS) is 24.4. The van der Waals surface area contributed by atoms with Crippen molar-refractivity contribution >= 4 is 0 Å². The third kappa shape index (κ3) is 4.11. The van der Waals surface area contributed by atoms with Gasteiger partial charge in [-0.05, 0) is 32.0 Å². The average Bonchev–Trinajstić information content (AvgIpc) is 2.50. The minimum absolute atomic E-state index is 0.0976. The molecule has 1 fully saturated rings. The molecule has 1 aliphatic rings. The first-order valence-corrected chi connectivity index (χ1v) is 8.03. The van der Waals surface area contributed by atoms with Gasteiger partial charge in [-0.2, -0.15) is 0 Å². The molecule has 3 unspecified atom stereocenters. The smallest absolute Gasteiger partial charge is 0.161 e. The van der Waals surface area contributed by atoms with Crippen LogP contribution in [0.5, 0.6) is 11.5 Å². The maximum Gasteiger partial charge on any atom is 0.161 e. The molecule has 2 rings (SSSR count). The molecule has 118 valence electrons. The first kappa shape index (κ1) is 16.1. The van der Waals surface area contributed by atoms with Crippen LogP contribution in [0.2, 0.25) is 0 Å². The van der Waals surface area contributed by atoms with Crippen LogP contribution in [0.25, 0.3) is 0 Å². The van der Waals surface area contributed by atoms with Gasteiger partial charge >= 0.3 is 0 Å². The first-order valence-electron chi connectivity index (χ1n) is 8.03. The van der Waals surface area contributed by atoms with Crippen molar-refractivity contribution in [3.63, 3.8) is 0 Å². The molecule has 3 atom stereocenters. The second-order valence-corrected chi connectivity index (χ2v) is 5.27. The molecule has 0 aromatic heterocycles. The summed E-state index contributed by atoms with van der Waals surface area (Å²) in [5, 5.41) is 3.45. The molecule has 0 saturated heterocycles. The van der Waals surface area contributed by atoms with E-state index in [-0.39, 0.29) is 12.2 Å². The quantitative estimate of drug-likeness (QED) is 0.760. The summed E-state index contributed by atoms with van der Waals surface area (Å²) in [6, 6.07) is 8.27. The fourth-order valence-electron chi connectivity index (χ4n) is 2.62. The molecule has 1 saturated carbocycles. The van der Waals surface area contributed by atoms with E-state index in [0.29, 0.717) is 19.3 Å². The number of ether oxygens (including phenoxy) is 3. The van der Waals surface area contributed by atoms with E-state index in [9.17, 15) is 0 Å². The van der Waals surface area contributed by atoms with E-state index < -0.39 is 0 Å². The van der Waals surface area contributed by atoms with Gasteiger partial charge in [-0.1, -0.05) is 26.0 Å². The minimum Gasteiger partial charge on any atom is -0.490 e. The Morgan fingerprint density at radius 3 is 2.57 bits per heavy atom. The molecule has 0 amide bonds. The van der Waals surface area contributed by atoms with Crippen molar-refractivity contribution < 1.29 is 14.2 Å². The van der Waals surface area contributed by atoms with Crippen molar-refractivity contribution in [2.75, 3.05) is 19.8 Å². The molecule has 0 aliphatic heterocycles. The Labute approximate surface area is 127 Å². The first-order chi connectivity index (χ1) is 10.3. The van der Waals surface area contributed by atoms with Gasteiger partial charge in [0.2, 0.25) is 0 Å². The van der Waals surface area contributed by atoms with Crippen molar-refractivity contribution in [1.29, 1.82) is 0 Å². The van der Waals surface area contributed by atoms with E-state index in [1.165, 1.54) is 0 Å². The highest BCUT2D eigenvalue weighted by Gasteiger charge is 2.43. The van der Waals surface area contributed by atoms with Crippen LogP contribution in [0.1, 0.15) is 33.6 Å². The van der Waals surface area contributed by atoms with Crippen molar-refractivity contribution in [2.24, 2.45) is 0 Å². The lowest BCUT2D eigenvalue weighted by atomic mass is 9.85. The minimum atomic E-state index is 0.0976. The van der Waals surface area contributed by atoms with E-state index in [2.05, 4.69) is 19.2 Å². The lowest BCUT2D eigenvalue weighted by molar-refractivity contribution is -0.104. The summed E-state index contributed by atoms with van der Waals surface area (Å²) in [7, 11) is 0. The van der Waals surface area contributed by atoms with E-state index in [1.54, 1.807) is 0 Å². The lowest BCUT2D eigenvalue weighted by Crippen LogP contribution is -2.61. The maximum absolute atomic E-state index is 6.13. The average molecular weight is 293 g/mol. The highest BCUT2D eigenvalue weighted by Crippen LogP contribution is 2.34. The fourth-order valence-corrected chi connectivity index (χ4v) is 2.62. The van der Waals surface area contributed by atoms with E-state index in [0.717, 1.165) is 30.9 Å². The van der Waals surface area contributed by atoms with Crippen molar-refractivity contribution in [3.8, 4) is 11.5 Å². The molecule has 0 radical (unpaired) electrons. The zero-order chi connectivity index (χ0) is 15.1. The Bertz CT molecular complexity index is 424. The molecule has 1 N–H and O–H groups in total. The number of rotatable bonds is 9. The van der Waals surface area contributed by atoms with Crippen LogP contribution in [-0.4, -0.2) is 38.0 Å². The Hall–Kier alpha value is -1.26. The molecule has 4 heteroatoms. The van der Waals surface area contributed by atoms with E-state index in [1.807, 2.05) is 31.2 Å². The molecule has 1 aromatic rings. The van der Waals surface area contributed by atoms with Gasteiger partial charge in [0.05, 0.1) is 6.61 Å². The molecular formula is C17H27NO3. The van der Waals surface area contributed by atoms with Gasteiger partial charge in [-0.3, -0.25) is 0 Å². The van der Waals surface area contributed by atoms with Crippen molar-refractivity contribution in [1.82, 2.24) is 5.32 Å². The summed E-state index contributed by atoms with van der Waals surface area (Å²) in [6.45, 7) is 8.61. The summed E-state index contributed by atoms with van der Waals surface area (Å²) < 4.78 is 17.7. The standard InChI is InChI=1S/C17H27NO3/c1-4-11-20-14-9-7-8-10-15(14)21-16-12-13(18-5-2)17(16)19-6-3/h7-10,13,16-18H,4-6,11-12H2,1-3H3. The topological polar surface area (TPSA) is 39.7 Å². The Morgan fingerprint density at radius 2 is 1.90 bits per heavy atom. The largest absolute Gasteiger partial charge is 0.490 e. The van der Waals surface area contributed by atoms with Gasteiger partial charge in [-0.15, -0.1) is 0 Å². The Balaban J connectivity index is 1.97. The van der Waals surface area contributed by atoms with E-state index >= 15 is 0 Å². The van der Waals surface area contributed by atoms with Gasteiger partial charge < -0.3 is 19.5 Å². The van der Waals surface area contributed by atoms with Crippen LogP contribution >= 0.6 is 0 Å². The number of nitrogens with one attached hydrogen (secondary N) is 1. The summed E-state index contributed by atoms with van der Waals surface area (Å²) >= 11 is 0. The second kappa shape index (κ2) is 8.25. The van der Waals surface area contributed by atoms with Gasteiger partial charge in [0.15, 0.2) is 11.5 Å². The maximum atomic E-state index is 6.13. The van der Waals surface area contributed by atoms with Crippen LogP contribution in [0.4, 0.5) is 0 Å². The van der Waals surface area contributed by atoms with Crippen molar-refractivity contribution in [3.05, 3.63) is 24.3 Å². The van der Waals surface area contributed by atoms with Crippen LogP contribution in [0.15, 0.2) is 24.3 Å².